The first-order valence-electron chi connectivity index (χ1n) is 9.63. The van der Waals surface area contributed by atoms with Gasteiger partial charge in [-0.15, -0.1) is 0 Å². The minimum Gasteiger partial charge on any atom is -0.356 e. The fraction of sp³-hybridized carbons (Fsp3) is 0.409. The Morgan fingerprint density at radius 1 is 1.11 bits per heavy atom. The van der Waals surface area contributed by atoms with Gasteiger partial charge in [-0.3, -0.25) is 14.8 Å². The molecule has 2 aromatic rings. The van der Waals surface area contributed by atoms with Crippen molar-refractivity contribution in [1.82, 2.24) is 20.5 Å². The third kappa shape index (κ3) is 7.39. The lowest BCUT2D eigenvalue weighted by Crippen LogP contribution is -2.44. The highest BCUT2D eigenvalue weighted by molar-refractivity contribution is 5.86. The molecule has 0 radical (unpaired) electrons. The van der Waals surface area contributed by atoms with Gasteiger partial charge in [-0.25, -0.2) is 0 Å². The number of hydrogen-bond donors (Lipinski definition) is 2. The van der Waals surface area contributed by atoms with Crippen molar-refractivity contribution in [2.24, 2.45) is 4.99 Å². The minimum atomic E-state index is 0.0215. The van der Waals surface area contributed by atoms with E-state index in [0.29, 0.717) is 12.5 Å². The fourth-order valence-corrected chi connectivity index (χ4v) is 3.01. The first-order valence-corrected chi connectivity index (χ1v) is 9.63. The molecular formula is C22H31N5O. The molecule has 1 heterocycles. The predicted octanol–water partition coefficient (Wildman–Crippen LogP) is 2.11. The van der Waals surface area contributed by atoms with E-state index in [2.05, 4.69) is 52.7 Å². The maximum absolute atomic E-state index is 12.3. The van der Waals surface area contributed by atoms with Crippen LogP contribution in [0.5, 0.6) is 0 Å². The van der Waals surface area contributed by atoms with E-state index in [-0.39, 0.29) is 12.5 Å². The van der Waals surface area contributed by atoms with Gasteiger partial charge < -0.3 is 15.5 Å². The van der Waals surface area contributed by atoms with Crippen LogP contribution in [0.3, 0.4) is 0 Å². The summed E-state index contributed by atoms with van der Waals surface area (Å²) in [6.07, 6.45) is 3.42. The first kappa shape index (κ1) is 21.4. The number of nitrogens with zero attached hydrogens (tertiary/aromatic N) is 3. The fourth-order valence-electron chi connectivity index (χ4n) is 3.01. The number of hydrogen-bond acceptors (Lipinski definition) is 3. The third-order valence-electron chi connectivity index (χ3n) is 4.47. The van der Waals surface area contributed by atoms with Gasteiger partial charge in [0.2, 0.25) is 5.91 Å². The van der Waals surface area contributed by atoms with Crippen molar-refractivity contribution in [3.63, 3.8) is 0 Å². The van der Waals surface area contributed by atoms with Gasteiger partial charge in [0.05, 0.1) is 6.54 Å². The normalized spacial score (nSPS) is 11.2. The van der Waals surface area contributed by atoms with Crippen molar-refractivity contribution in [3.05, 3.63) is 65.0 Å². The molecule has 0 saturated heterocycles. The quantitative estimate of drug-likeness (QED) is 0.543. The summed E-state index contributed by atoms with van der Waals surface area (Å²) in [5.74, 6) is 0.657. The lowest BCUT2D eigenvalue weighted by atomic mass is 10.1. The van der Waals surface area contributed by atoms with Gasteiger partial charge in [0.25, 0.3) is 0 Å². The minimum absolute atomic E-state index is 0.0215. The van der Waals surface area contributed by atoms with Gasteiger partial charge in [0, 0.05) is 45.5 Å². The lowest BCUT2D eigenvalue weighted by Gasteiger charge is -2.18. The zero-order valence-corrected chi connectivity index (χ0v) is 17.3. The van der Waals surface area contributed by atoms with Gasteiger partial charge in [0.1, 0.15) is 0 Å². The van der Waals surface area contributed by atoms with Crippen LogP contribution in [0.15, 0.2) is 47.6 Å². The van der Waals surface area contributed by atoms with Crippen LogP contribution in [0.4, 0.5) is 0 Å². The summed E-state index contributed by atoms with van der Waals surface area (Å²) >= 11 is 0. The summed E-state index contributed by atoms with van der Waals surface area (Å²) in [6, 6.07) is 12.4. The van der Waals surface area contributed by atoms with E-state index >= 15 is 0 Å². The molecule has 2 N–H and O–H groups in total. The molecule has 28 heavy (non-hydrogen) atoms. The highest BCUT2D eigenvalue weighted by Crippen LogP contribution is 2.08. The molecule has 0 aliphatic carbocycles. The lowest BCUT2D eigenvalue weighted by molar-refractivity contribution is -0.128. The molecule has 0 fully saturated rings. The molecule has 150 valence electrons. The van der Waals surface area contributed by atoms with Crippen molar-refractivity contribution in [1.29, 1.82) is 0 Å². The van der Waals surface area contributed by atoms with Crippen LogP contribution in [-0.2, 0) is 17.6 Å². The van der Waals surface area contributed by atoms with Gasteiger partial charge in [-0.2, -0.15) is 0 Å². The SMILES string of the molecule is CN=C(NCCc1cc(C)cc(C)c1)NCC(=O)N(C)CCc1ccccn1. The number of nitrogens with one attached hydrogen (secondary N) is 2. The number of likely N-dealkylation sites (N-methyl/N-ethyl adjacent to an activating group) is 1. The Morgan fingerprint density at radius 3 is 2.50 bits per heavy atom. The Kier molecular flexibility index (Phi) is 8.46. The van der Waals surface area contributed by atoms with Crippen LogP contribution in [-0.4, -0.2) is 55.5 Å². The van der Waals surface area contributed by atoms with Crippen molar-refractivity contribution in [2.45, 2.75) is 26.7 Å². The van der Waals surface area contributed by atoms with E-state index < -0.39 is 0 Å². The van der Waals surface area contributed by atoms with Crippen LogP contribution in [0.1, 0.15) is 22.4 Å². The van der Waals surface area contributed by atoms with E-state index in [1.807, 2.05) is 25.2 Å². The summed E-state index contributed by atoms with van der Waals surface area (Å²) in [4.78, 5) is 22.5. The summed E-state index contributed by atoms with van der Waals surface area (Å²) in [7, 11) is 3.52. The number of aliphatic imine (C=N–C) groups is 1. The number of aryl methyl sites for hydroxylation is 2. The topological polar surface area (TPSA) is 69.6 Å². The van der Waals surface area contributed by atoms with E-state index in [1.165, 1.54) is 16.7 Å². The number of benzene rings is 1. The number of guanidine groups is 1. The Hall–Kier alpha value is -2.89. The molecular weight excluding hydrogens is 350 g/mol. The van der Waals surface area contributed by atoms with Crippen molar-refractivity contribution < 1.29 is 4.79 Å². The van der Waals surface area contributed by atoms with Crippen LogP contribution >= 0.6 is 0 Å². The second kappa shape index (κ2) is 11.1. The number of amides is 1. The highest BCUT2D eigenvalue weighted by Gasteiger charge is 2.10. The van der Waals surface area contributed by atoms with Gasteiger partial charge in [-0.1, -0.05) is 35.4 Å². The zero-order valence-electron chi connectivity index (χ0n) is 17.3. The Labute approximate surface area is 168 Å². The second-order valence-corrected chi connectivity index (χ2v) is 6.98. The highest BCUT2D eigenvalue weighted by atomic mass is 16.2. The molecule has 0 saturated carbocycles. The molecule has 2 rings (SSSR count). The molecule has 0 spiro atoms. The summed E-state index contributed by atoms with van der Waals surface area (Å²) in [5.41, 5.74) is 4.83. The number of rotatable bonds is 8. The largest absolute Gasteiger partial charge is 0.356 e. The third-order valence-corrected chi connectivity index (χ3v) is 4.47. The molecule has 6 heteroatoms. The van der Waals surface area contributed by atoms with Crippen molar-refractivity contribution >= 4 is 11.9 Å². The molecule has 1 aromatic carbocycles. The van der Waals surface area contributed by atoms with Crippen LogP contribution in [0.25, 0.3) is 0 Å². The Bertz CT molecular complexity index is 769. The maximum atomic E-state index is 12.3. The molecule has 0 aliphatic rings. The predicted molar refractivity (Wildman–Crippen MR) is 115 cm³/mol. The monoisotopic (exact) mass is 381 g/mol. The van der Waals surface area contributed by atoms with Crippen LogP contribution in [0.2, 0.25) is 0 Å². The summed E-state index contributed by atoms with van der Waals surface area (Å²) < 4.78 is 0. The molecule has 0 atom stereocenters. The van der Waals surface area contributed by atoms with Crippen molar-refractivity contribution in [3.8, 4) is 0 Å². The van der Waals surface area contributed by atoms with Gasteiger partial charge in [0.15, 0.2) is 5.96 Å². The smallest absolute Gasteiger partial charge is 0.241 e. The molecule has 0 bridgehead atoms. The first-order chi connectivity index (χ1) is 13.5. The van der Waals surface area contributed by atoms with E-state index in [1.54, 1.807) is 18.1 Å². The van der Waals surface area contributed by atoms with Gasteiger partial charge >= 0.3 is 0 Å². The Balaban J connectivity index is 1.71. The van der Waals surface area contributed by atoms with E-state index in [4.69, 9.17) is 0 Å². The number of pyridine rings is 1. The van der Waals surface area contributed by atoms with E-state index in [9.17, 15) is 4.79 Å². The molecule has 0 aliphatic heterocycles. The zero-order chi connectivity index (χ0) is 20.4. The average Bonchev–Trinajstić information content (AvgIpc) is 2.68. The van der Waals surface area contributed by atoms with Gasteiger partial charge in [-0.05, 0) is 38.0 Å². The maximum Gasteiger partial charge on any atom is 0.241 e. The van der Waals surface area contributed by atoms with Crippen molar-refractivity contribution in [2.75, 3.05) is 33.7 Å². The molecule has 6 nitrogen and oxygen atoms in total. The standard InChI is InChI=1S/C22H31N5O/c1-17-13-18(2)15-19(14-17)8-11-25-22(23-3)26-16-21(28)27(4)12-9-20-7-5-6-10-24-20/h5-7,10,13-15H,8-9,11-12,16H2,1-4H3,(H2,23,25,26). The summed E-state index contributed by atoms with van der Waals surface area (Å²) in [6.45, 7) is 5.82. The van der Waals surface area contributed by atoms with Crippen LogP contribution in [0, 0.1) is 13.8 Å². The second-order valence-electron chi connectivity index (χ2n) is 6.98. The number of carbonyl (C=O) groups is 1. The molecule has 0 unspecified atom stereocenters. The molecule has 1 aromatic heterocycles. The number of carbonyl (C=O) groups excluding carboxylic acids is 1. The Morgan fingerprint density at radius 2 is 1.86 bits per heavy atom. The average molecular weight is 382 g/mol. The summed E-state index contributed by atoms with van der Waals surface area (Å²) in [5, 5.41) is 6.36. The van der Waals surface area contributed by atoms with Crippen LogP contribution < -0.4 is 10.6 Å². The number of aromatic nitrogens is 1. The molecule has 1 amide bonds. The van der Waals surface area contributed by atoms with E-state index in [0.717, 1.165) is 25.1 Å².